The highest BCUT2D eigenvalue weighted by Gasteiger charge is 2.13. The number of benzene rings is 1. The first-order chi connectivity index (χ1) is 7.41. The van der Waals surface area contributed by atoms with Gasteiger partial charge in [-0.1, -0.05) is 0 Å². The second-order valence-corrected chi connectivity index (χ2v) is 3.31. The van der Waals surface area contributed by atoms with E-state index in [4.69, 9.17) is 16.2 Å². The number of rotatable bonds is 4. The van der Waals surface area contributed by atoms with E-state index in [0.717, 1.165) is 6.07 Å². The van der Waals surface area contributed by atoms with Gasteiger partial charge in [-0.25, -0.2) is 4.39 Å². The summed E-state index contributed by atoms with van der Waals surface area (Å²) in [6.07, 6.45) is 0. The Morgan fingerprint density at radius 2 is 2.25 bits per heavy atom. The van der Waals surface area contributed by atoms with E-state index in [-0.39, 0.29) is 17.1 Å². The lowest BCUT2D eigenvalue weighted by atomic mass is 10.1. The fourth-order valence-corrected chi connectivity index (χ4v) is 1.09. The van der Waals surface area contributed by atoms with Crippen LogP contribution in [0.2, 0.25) is 0 Å². The van der Waals surface area contributed by atoms with Crippen LogP contribution >= 0.6 is 0 Å². The summed E-state index contributed by atoms with van der Waals surface area (Å²) in [7, 11) is 0. The van der Waals surface area contributed by atoms with E-state index >= 15 is 0 Å². The minimum Gasteiger partial charge on any atom is -0.480 e. The minimum absolute atomic E-state index is 0.0694. The summed E-state index contributed by atoms with van der Waals surface area (Å²) in [4.78, 5) is 10.6. The van der Waals surface area contributed by atoms with Crippen LogP contribution in [-0.2, 0) is 4.79 Å². The van der Waals surface area contributed by atoms with Gasteiger partial charge in [0.2, 0.25) is 0 Å². The van der Waals surface area contributed by atoms with Crippen LogP contribution in [0, 0.1) is 11.2 Å². The number of hydrogen-bond donors (Lipinski definition) is 4. The van der Waals surface area contributed by atoms with Crippen molar-refractivity contribution in [1.82, 2.24) is 0 Å². The lowest BCUT2D eigenvalue weighted by Gasteiger charge is -2.12. The van der Waals surface area contributed by atoms with E-state index in [9.17, 15) is 9.18 Å². The van der Waals surface area contributed by atoms with Gasteiger partial charge >= 0.3 is 5.97 Å². The molecule has 5 nitrogen and oxygen atoms in total. The number of amidine groups is 1. The van der Waals surface area contributed by atoms with Gasteiger partial charge in [0.05, 0.1) is 5.69 Å². The maximum absolute atomic E-state index is 13.4. The molecule has 5 N–H and O–H groups in total. The third-order valence-electron chi connectivity index (χ3n) is 2.02. The van der Waals surface area contributed by atoms with Crippen LogP contribution in [-0.4, -0.2) is 23.0 Å². The second-order valence-electron chi connectivity index (χ2n) is 3.31. The van der Waals surface area contributed by atoms with Crippen LogP contribution in [0.25, 0.3) is 0 Å². The maximum atomic E-state index is 13.4. The molecule has 0 aliphatic heterocycles. The topological polar surface area (TPSA) is 99.2 Å². The second kappa shape index (κ2) is 4.61. The molecule has 1 aromatic carbocycles. The predicted octanol–water partition coefficient (Wildman–Crippen LogP) is 0.995. The summed E-state index contributed by atoms with van der Waals surface area (Å²) in [5.41, 5.74) is 5.51. The van der Waals surface area contributed by atoms with Crippen LogP contribution in [0.3, 0.4) is 0 Å². The number of anilines is 1. The van der Waals surface area contributed by atoms with E-state index in [1.807, 2.05) is 0 Å². The Labute approximate surface area is 91.6 Å². The fourth-order valence-electron chi connectivity index (χ4n) is 1.09. The molecule has 1 unspecified atom stereocenters. The first-order valence-corrected chi connectivity index (χ1v) is 4.55. The zero-order valence-electron chi connectivity index (χ0n) is 8.62. The standard InChI is InChI=1S/C10H12FN3O2/c1-5(10(15)16)14-8-3-2-6(9(12)13)4-7(8)11/h2-5,14H,1H3,(H3,12,13)(H,15,16). The van der Waals surface area contributed by atoms with Gasteiger partial charge in [0.25, 0.3) is 0 Å². The van der Waals surface area contributed by atoms with Gasteiger partial charge in [-0.3, -0.25) is 10.2 Å². The molecule has 0 amide bonds. The molecule has 1 rings (SSSR count). The lowest BCUT2D eigenvalue weighted by molar-refractivity contribution is -0.137. The SMILES string of the molecule is CC(Nc1ccc(C(=N)N)cc1F)C(=O)O. The van der Waals surface area contributed by atoms with Gasteiger partial charge in [0, 0.05) is 5.56 Å². The Hall–Kier alpha value is -2.11. The molecular weight excluding hydrogens is 213 g/mol. The number of carboxylic acid groups (broad SMARTS) is 1. The number of carboxylic acids is 1. The Balaban J connectivity index is 2.91. The van der Waals surface area contributed by atoms with Gasteiger partial charge in [-0.2, -0.15) is 0 Å². The largest absolute Gasteiger partial charge is 0.480 e. The van der Waals surface area contributed by atoms with Crippen molar-refractivity contribution in [1.29, 1.82) is 5.41 Å². The number of nitrogens with one attached hydrogen (secondary N) is 2. The minimum atomic E-state index is -1.07. The molecule has 0 saturated carbocycles. The molecule has 0 radical (unpaired) electrons. The van der Waals surface area contributed by atoms with Gasteiger partial charge in [-0.05, 0) is 25.1 Å². The predicted molar refractivity (Wildman–Crippen MR) is 58.1 cm³/mol. The average molecular weight is 225 g/mol. The summed E-state index contributed by atoms with van der Waals surface area (Å²) in [6, 6.07) is 2.99. The number of hydrogen-bond acceptors (Lipinski definition) is 3. The summed E-state index contributed by atoms with van der Waals surface area (Å²) in [5, 5.41) is 18.2. The van der Waals surface area contributed by atoms with Gasteiger partial charge in [0.15, 0.2) is 0 Å². The summed E-state index contributed by atoms with van der Waals surface area (Å²) in [5.74, 6) is -1.95. The maximum Gasteiger partial charge on any atom is 0.325 e. The summed E-state index contributed by atoms with van der Waals surface area (Å²) >= 11 is 0. The Morgan fingerprint density at radius 3 is 2.69 bits per heavy atom. The molecule has 16 heavy (non-hydrogen) atoms. The highest BCUT2D eigenvalue weighted by atomic mass is 19.1. The smallest absolute Gasteiger partial charge is 0.325 e. The van der Waals surface area contributed by atoms with Crippen molar-refractivity contribution in [3.05, 3.63) is 29.6 Å². The van der Waals surface area contributed by atoms with Crippen LogP contribution in [0.5, 0.6) is 0 Å². The number of aliphatic carboxylic acids is 1. The third-order valence-corrected chi connectivity index (χ3v) is 2.02. The molecule has 0 fully saturated rings. The van der Waals surface area contributed by atoms with Crippen LogP contribution in [0.4, 0.5) is 10.1 Å². The Morgan fingerprint density at radius 1 is 1.62 bits per heavy atom. The molecule has 86 valence electrons. The van der Waals surface area contributed by atoms with E-state index < -0.39 is 17.8 Å². The van der Waals surface area contributed by atoms with E-state index in [1.54, 1.807) is 0 Å². The van der Waals surface area contributed by atoms with Crippen molar-refractivity contribution in [2.75, 3.05) is 5.32 Å². The highest BCUT2D eigenvalue weighted by Crippen LogP contribution is 2.16. The van der Waals surface area contributed by atoms with E-state index in [2.05, 4.69) is 5.32 Å². The summed E-state index contributed by atoms with van der Waals surface area (Å²) in [6.45, 7) is 1.40. The van der Waals surface area contributed by atoms with Gasteiger partial charge in [0.1, 0.15) is 17.7 Å². The van der Waals surface area contributed by atoms with Crippen molar-refractivity contribution in [3.8, 4) is 0 Å². The fraction of sp³-hybridized carbons (Fsp3) is 0.200. The van der Waals surface area contributed by atoms with Crippen LogP contribution in [0.1, 0.15) is 12.5 Å². The van der Waals surface area contributed by atoms with Crippen molar-refractivity contribution < 1.29 is 14.3 Å². The number of nitrogen functional groups attached to an aromatic ring is 1. The van der Waals surface area contributed by atoms with E-state index in [1.165, 1.54) is 19.1 Å². The number of nitrogens with two attached hydrogens (primary N) is 1. The summed E-state index contributed by atoms with van der Waals surface area (Å²) < 4.78 is 13.4. The quantitative estimate of drug-likeness (QED) is 0.453. The first-order valence-electron chi connectivity index (χ1n) is 4.55. The van der Waals surface area contributed by atoms with E-state index in [0.29, 0.717) is 0 Å². The molecule has 0 aromatic heterocycles. The Kier molecular flexibility index (Phi) is 3.44. The molecule has 1 atom stereocenters. The molecule has 0 aliphatic rings. The monoisotopic (exact) mass is 225 g/mol. The van der Waals surface area contributed by atoms with Crippen molar-refractivity contribution >= 4 is 17.5 Å². The van der Waals surface area contributed by atoms with Crippen molar-refractivity contribution in [2.45, 2.75) is 13.0 Å². The van der Waals surface area contributed by atoms with Gasteiger partial charge < -0.3 is 16.2 Å². The average Bonchev–Trinajstić information content (AvgIpc) is 2.20. The van der Waals surface area contributed by atoms with Crippen LogP contribution < -0.4 is 11.1 Å². The number of halogens is 1. The first kappa shape index (κ1) is 12.0. The van der Waals surface area contributed by atoms with Gasteiger partial charge in [-0.15, -0.1) is 0 Å². The Bertz CT molecular complexity index is 434. The molecule has 0 spiro atoms. The molecule has 0 saturated heterocycles. The molecule has 0 heterocycles. The highest BCUT2D eigenvalue weighted by molar-refractivity contribution is 5.95. The zero-order valence-corrected chi connectivity index (χ0v) is 8.62. The molecule has 1 aromatic rings. The molecule has 6 heteroatoms. The van der Waals surface area contributed by atoms with Crippen molar-refractivity contribution in [2.24, 2.45) is 5.73 Å². The van der Waals surface area contributed by atoms with Crippen molar-refractivity contribution in [3.63, 3.8) is 0 Å². The molecule has 0 bridgehead atoms. The lowest BCUT2D eigenvalue weighted by Crippen LogP contribution is -2.26. The third kappa shape index (κ3) is 2.69. The van der Waals surface area contributed by atoms with Crippen LogP contribution in [0.15, 0.2) is 18.2 Å². The molecule has 0 aliphatic carbocycles. The molecular formula is C10H12FN3O2. The zero-order chi connectivity index (χ0) is 12.3. The number of carbonyl (C=O) groups is 1. The normalized spacial score (nSPS) is 11.9.